The molecule has 12 heavy (non-hydrogen) atoms. The molecule has 1 nitrogen and oxygen atoms in total. The van der Waals surface area contributed by atoms with E-state index in [9.17, 15) is 0 Å². The molecule has 0 spiro atoms. The van der Waals surface area contributed by atoms with Crippen molar-refractivity contribution in [1.29, 1.82) is 0 Å². The highest BCUT2D eigenvalue weighted by atomic mass is 16.5. The minimum absolute atomic E-state index is 0.0424. The molecule has 0 aliphatic rings. The van der Waals surface area contributed by atoms with Crippen molar-refractivity contribution in [3.05, 3.63) is 11.6 Å². The van der Waals surface area contributed by atoms with Gasteiger partial charge in [-0.3, -0.25) is 0 Å². The van der Waals surface area contributed by atoms with E-state index in [-0.39, 0.29) is 5.60 Å². The van der Waals surface area contributed by atoms with E-state index in [1.807, 2.05) is 0 Å². The van der Waals surface area contributed by atoms with Gasteiger partial charge in [0.1, 0.15) is 0 Å². The van der Waals surface area contributed by atoms with Crippen LogP contribution < -0.4 is 0 Å². The van der Waals surface area contributed by atoms with Crippen molar-refractivity contribution in [2.45, 2.75) is 53.1 Å². The van der Waals surface area contributed by atoms with Crippen molar-refractivity contribution < 1.29 is 4.74 Å². The van der Waals surface area contributed by atoms with Gasteiger partial charge in [0.05, 0.1) is 12.2 Å². The molecule has 0 aromatic carbocycles. The largest absolute Gasteiger partial charge is 0.372 e. The van der Waals surface area contributed by atoms with Gasteiger partial charge in [0.15, 0.2) is 0 Å². The van der Waals surface area contributed by atoms with Crippen LogP contribution in [0.1, 0.15) is 47.5 Å². The summed E-state index contributed by atoms with van der Waals surface area (Å²) in [5.74, 6) is 0. The topological polar surface area (TPSA) is 9.23 Å². The van der Waals surface area contributed by atoms with Gasteiger partial charge >= 0.3 is 0 Å². The quantitative estimate of drug-likeness (QED) is 0.573. The predicted molar refractivity (Wildman–Crippen MR) is 54.4 cm³/mol. The second-order valence-corrected chi connectivity index (χ2v) is 4.10. The van der Waals surface area contributed by atoms with E-state index in [4.69, 9.17) is 4.74 Å². The first-order chi connectivity index (χ1) is 5.48. The van der Waals surface area contributed by atoms with Gasteiger partial charge in [-0.15, -0.1) is 0 Å². The summed E-state index contributed by atoms with van der Waals surface area (Å²) in [6.45, 7) is 11.4. The summed E-state index contributed by atoms with van der Waals surface area (Å²) in [7, 11) is 0. The predicted octanol–water partition coefficient (Wildman–Crippen LogP) is 3.55. The van der Waals surface area contributed by atoms with E-state index in [2.05, 4.69) is 40.7 Å². The van der Waals surface area contributed by atoms with Crippen LogP contribution in [0, 0.1) is 0 Å². The third kappa shape index (κ3) is 6.41. The van der Waals surface area contributed by atoms with Crippen molar-refractivity contribution in [1.82, 2.24) is 0 Å². The molecule has 0 aromatic heterocycles. The van der Waals surface area contributed by atoms with Crippen molar-refractivity contribution >= 4 is 0 Å². The number of rotatable bonds is 5. The molecule has 0 aromatic rings. The molecule has 0 fully saturated rings. The summed E-state index contributed by atoms with van der Waals surface area (Å²) in [5, 5.41) is 0. The van der Waals surface area contributed by atoms with E-state index in [0.29, 0.717) is 0 Å². The first-order valence-corrected chi connectivity index (χ1v) is 4.75. The third-order valence-electron chi connectivity index (χ3n) is 1.82. The van der Waals surface area contributed by atoms with Gasteiger partial charge in [0.2, 0.25) is 0 Å². The fourth-order valence-electron chi connectivity index (χ4n) is 1.11. The smallest absolute Gasteiger partial charge is 0.0657 e. The molecule has 0 radical (unpaired) electrons. The fourth-order valence-corrected chi connectivity index (χ4v) is 1.11. The molecule has 0 atom stereocenters. The number of hydrogen-bond acceptors (Lipinski definition) is 1. The van der Waals surface area contributed by atoms with E-state index >= 15 is 0 Å². The van der Waals surface area contributed by atoms with Gasteiger partial charge in [0.25, 0.3) is 0 Å². The summed E-state index contributed by atoms with van der Waals surface area (Å²) < 4.78 is 5.70. The zero-order chi connectivity index (χ0) is 9.61. The maximum Gasteiger partial charge on any atom is 0.0657 e. The first-order valence-electron chi connectivity index (χ1n) is 4.75. The summed E-state index contributed by atoms with van der Waals surface area (Å²) in [5.41, 5.74) is 1.36. The van der Waals surface area contributed by atoms with Crippen LogP contribution in [-0.2, 0) is 4.74 Å². The Morgan fingerprint density at radius 1 is 1.33 bits per heavy atom. The highest BCUT2D eigenvalue weighted by molar-refractivity contribution is 4.93. The third-order valence-corrected chi connectivity index (χ3v) is 1.82. The maximum atomic E-state index is 5.70. The Morgan fingerprint density at radius 2 is 1.92 bits per heavy atom. The van der Waals surface area contributed by atoms with Crippen LogP contribution in [-0.4, -0.2) is 12.2 Å². The lowest BCUT2D eigenvalue weighted by molar-refractivity contribution is -0.00787. The maximum absolute atomic E-state index is 5.70. The molecule has 0 unspecified atom stereocenters. The lowest BCUT2D eigenvalue weighted by Crippen LogP contribution is -2.24. The SMILES string of the molecule is CCCC(C)(C)OCC=C(C)C. The van der Waals surface area contributed by atoms with Gasteiger partial charge in [-0.25, -0.2) is 0 Å². The van der Waals surface area contributed by atoms with E-state index in [1.54, 1.807) is 0 Å². The van der Waals surface area contributed by atoms with Crippen LogP contribution in [0.25, 0.3) is 0 Å². The van der Waals surface area contributed by atoms with Gasteiger partial charge in [0, 0.05) is 0 Å². The highest BCUT2D eigenvalue weighted by Gasteiger charge is 2.15. The zero-order valence-corrected chi connectivity index (χ0v) is 9.11. The lowest BCUT2D eigenvalue weighted by Gasteiger charge is -2.23. The Morgan fingerprint density at radius 3 is 2.33 bits per heavy atom. The minimum atomic E-state index is 0.0424. The van der Waals surface area contributed by atoms with Gasteiger partial charge in [-0.2, -0.15) is 0 Å². The number of hydrogen-bond donors (Lipinski definition) is 0. The molecule has 0 rings (SSSR count). The molecule has 0 N–H and O–H groups in total. The standard InChI is InChI=1S/C11H22O/c1-6-8-11(4,5)12-9-7-10(2)3/h7H,6,8-9H2,1-5H3. The van der Waals surface area contributed by atoms with Crippen LogP contribution in [0.15, 0.2) is 11.6 Å². The van der Waals surface area contributed by atoms with E-state index in [1.165, 1.54) is 12.0 Å². The Labute approximate surface area is 76.8 Å². The Balaban J connectivity index is 3.68. The molecule has 0 aliphatic heterocycles. The van der Waals surface area contributed by atoms with Crippen LogP contribution >= 0.6 is 0 Å². The second kappa shape index (κ2) is 5.36. The van der Waals surface area contributed by atoms with Gasteiger partial charge < -0.3 is 4.74 Å². The van der Waals surface area contributed by atoms with Crippen molar-refractivity contribution in [2.24, 2.45) is 0 Å². The van der Waals surface area contributed by atoms with Gasteiger partial charge in [-0.05, 0) is 34.1 Å². The molecule has 0 bridgehead atoms. The zero-order valence-electron chi connectivity index (χ0n) is 9.11. The van der Waals surface area contributed by atoms with Crippen LogP contribution in [0.5, 0.6) is 0 Å². The number of ether oxygens (including phenoxy) is 1. The summed E-state index contributed by atoms with van der Waals surface area (Å²) >= 11 is 0. The molecule has 0 saturated carbocycles. The van der Waals surface area contributed by atoms with Crippen LogP contribution in [0.3, 0.4) is 0 Å². The van der Waals surface area contributed by atoms with Crippen molar-refractivity contribution in [3.8, 4) is 0 Å². The molecule has 0 saturated heterocycles. The molecule has 0 amide bonds. The minimum Gasteiger partial charge on any atom is -0.372 e. The first kappa shape index (κ1) is 11.7. The van der Waals surface area contributed by atoms with Crippen molar-refractivity contribution in [2.75, 3.05) is 6.61 Å². The Bertz CT molecular complexity index is 141. The summed E-state index contributed by atoms with van der Waals surface area (Å²) in [6, 6.07) is 0. The molecule has 72 valence electrons. The average molecular weight is 170 g/mol. The van der Waals surface area contributed by atoms with Crippen molar-refractivity contribution in [3.63, 3.8) is 0 Å². The summed E-state index contributed by atoms with van der Waals surface area (Å²) in [4.78, 5) is 0. The molecule has 1 heteroatoms. The lowest BCUT2D eigenvalue weighted by atomic mass is 10.0. The summed E-state index contributed by atoms with van der Waals surface area (Å²) in [6.07, 6.45) is 4.43. The molecular formula is C11H22O. The average Bonchev–Trinajstić information content (AvgIpc) is 1.85. The Kier molecular flexibility index (Phi) is 5.23. The normalized spacial score (nSPS) is 11.4. The molecule has 0 heterocycles. The van der Waals surface area contributed by atoms with E-state index < -0.39 is 0 Å². The fraction of sp³-hybridized carbons (Fsp3) is 0.818. The van der Waals surface area contributed by atoms with E-state index in [0.717, 1.165) is 13.0 Å². The monoisotopic (exact) mass is 170 g/mol. The molecular weight excluding hydrogens is 148 g/mol. The van der Waals surface area contributed by atoms with Gasteiger partial charge in [-0.1, -0.05) is 25.0 Å². The highest BCUT2D eigenvalue weighted by Crippen LogP contribution is 2.16. The molecule has 0 aliphatic carbocycles. The second-order valence-electron chi connectivity index (χ2n) is 4.10. The number of allylic oxidation sites excluding steroid dienone is 1. The Hall–Kier alpha value is -0.300. The van der Waals surface area contributed by atoms with Crippen LogP contribution in [0.4, 0.5) is 0 Å². The van der Waals surface area contributed by atoms with Crippen LogP contribution in [0.2, 0.25) is 0 Å².